The van der Waals surface area contributed by atoms with Crippen molar-refractivity contribution < 1.29 is 13.2 Å². The molecule has 9 nitrogen and oxygen atoms in total. The molecule has 2 saturated heterocycles. The summed E-state index contributed by atoms with van der Waals surface area (Å²) < 4.78 is 31.5. The van der Waals surface area contributed by atoms with Crippen molar-refractivity contribution in [2.75, 3.05) is 36.6 Å². The fourth-order valence-electron chi connectivity index (χ4n) is 5.59. The standard InChI is InChI=1S/C25H29ClN6O3S/c1-16-3-6-22(35-2)25(27-16)30-9-7-17(8-10-30)24-29-28-23-13-31(20-14-36(33,34)15-20)12-18-11-19(26)4-5-21(18)32(23)24/h3-6,11,17,20H,7-10,12-15H2,1-2H3. The molecule has 0 amide bonds. The lowest BCUT2D eigenvalue weighted by atomic mass is 9.95. The van der Waals surface area contributed by atoms with Crippen molar-refractivity contribution in [1.29, 1.82) is 0 Å². The number of halogens is 1. The van der Waals surface area contributed by atoms with Crippen molar-refractivity contribution in [3.63, 3.8) is 0 Å². The van der Waals surface area contributed by atoms with Crippen molar-refractivity contribution in [2.24, 2.45) is 0 Å². The SMILES string of the molecule is COc1ccc(C)nc1N1CCC(c2nnc3n2-c2ccc(Cl)cc2CN(C2CS(=O)(=O)C2)C3)CC1. The number of anilines is 1. The maximum absolute atomic E-state index is 11.9. The van der Waals surface area contributed by atoms with E-state index in [0.717, 1.165) is 66.1 Å². The number of piperidine rings is 1. The second kappa shape index (κ2) is 9.00. The Bertz CT molecular complexity index is 1410. The Kier molecular flexibility index (Phi) is 5.93. The van der Waals surface area contributed by atoms with Gasteiger partial charge in [-0.05, 0) is 55.7 Å². The molecule has 6 rings (SSSR count). The van der Waals surface area contributed by atoms with Gasteiger partial charge in [0.15, 0.2) is 27.2 Å². The third-order valence-corrected chi connectivity index (χ3v) is 9.54. The highest BCUT2D eigenvalue weighted by Gasteiger charge is 2.40. The molecule has 3 aliphatic heterocycles. The molecule has 1 aromatic carbocycles. The van der Waals surface area contributed by atoms with Crippen LogP contribution in [0.5, 0.6) is 5.75 Å². The summed E-state index contributed by atoms with van der Waals surface area (Å²) in [5.74, 6) is 4.12. The zero-order chi connectivity index (χ0) is 25.0. The topological polar surface area (TPSA) is 93.4 Å². The molecule has 0 aliphatic carbocycles. The predicted molar refractivity (Wildman–Crippen MR) is 138 cm³/mol. The number of ether oxygens (including phenoxy) is 1. The third kappa shape index (κ3) is 4.25. The van der Waals surface area contributed by atoms with E-state index in [-0.39, 0.29) is 23.5 Å². The number of benzene rings is 1. The number of fused-ring (bicyclic) bond motifs is 3. The summed E-state index contributed by atoms with van der Waals surface area (Å²) in [7, 11) is -1.25. The maximum Gasteiger partial charge on any atom is 0.171 e. The second-order valence-corrected chi connectivity index (χ2v) is 12.5. The summed E-state index contributed by atoms with van der Waals surface area (Å²) in [5.41, 5.74) is 3.07. The lowest BCUT2D eigenvalue weighted by Crippen LogP contribution is -2.52. The molecule has 0 unspecified atom stereocenters. The van der Waals surface area contributed by atoms with Crippen LogP contribution in [0.25, 0.3) is 5.69 Å². The molecule has 190 valence electrons. The molecule has 5 heterocycles. The minimum Gasteiger partial charge on any atom is -0.493 e. The van der Waals surface area contributed by atoms with Crippen molar-refractivity contribution in [3.05, 3.63) is 58.3 Å². The first-order valence-corrected chi connectivity index (χ1v) is 14.5. The molecule has 0 radical (unpaired) electrons. The highest BCUT2D eigenvalue weighted by Crippen LogP contribution is 2.37. The van der Waals surface area contributed by atoms with E-state index in [1.807, 2.05) is 37.3 Å². The van der Waals surface area contributed by atoms with Crippen LogP contribution in [0.15, 0.2) is 30.3 Å². The van der Waals surface area contributed by atoms with Gasteiger partial charge in [0.05, 0.1) is 30.8 Å². The van der Waals surface area contributed by atoms with Crippen LogP contribution in [-0.4, -0.2) is 70.8 Å². The second-order valence-electron chi connectivity index (χ2n) is 9.96. The van der Waals surface area contributed by atoms with Crippen LogP contribution in [0.4, 0.5) is 5.82 Å². The van der Waals surface area contributed by atoms with E-state index < -0.39 is 9.84 Å². The third-order valence-electron chi connectivity index (χ3n) is 7.52. The summed E-state index contributed by atoms with van der Waals surface area (Å²) >= 11 is 6.37. The predicted octanol–water partition coefficient (Wildman–Crippen LogP) is 3.13. The molecular weight excluding hydrogens is 500 g/mol. The van der Waals surface area contributed by atoms with Crippen LogP contribution in [0, 0.1) is 6.92 Å². The summed E-state index contributed by atoms with van der Waals surface area (Å²) in [6, 6.07) is 9.85. The minimum absolute atomic E-state index is 0.00594. The average molecular weight is 529 g/mol. The molecule has 3 aliphatic rings. The van der Waals surface area contributed by atoms with Gasteiger partial charge < -0.3 is 9.64 Å². The van der Waals surface area contributed by atoms with E-state index in [1.165, 1.54) is 0 Å². The summed E-state index contributed by atoms with van der Waals surface area (Å²) in [4.78, 5) is 9.22. The maximum atomic E-state index is 11.9. The van der Waals surface area contributed by atoms with Crippen LogP contribution in [0.1, 0.15) is 41.7 Å². The first-order chi connectivity index (χ1) is 17.3. The van der Waals surface area contributed by atoms with Gasteiger partial charge in [0.2, 0.25) is 0 Å². The van der Waals surface area contributed by atoms with Crippen molar-refractivity contribution in [1.82, 2.24) is 24.6 Å². The molecule has 0 N–H and O–H groups in total. The largest absolute Gasteiger partial charge is 0.493 e. The van der Waals surface area contributed by atoms with Crippen LogP contribution in [-0.2, 0) is 22.9 Å². The Morgan fingerprint density at radius 2 is 1.83 bits per heavy atom. The van der Waals surface area contributed by atoms with Gasteiger partial charge in [0.25, 0.3) is 0 Å². The number of hydrogen-bond acceptors (Lipinski definition) is 8. The highest BCUT2D eigenvalue weighted by atomic mass is 35.5. The molecule has 0 atom stereocenters. The Morgan fingerprint density at radius 1 is 1.06 bits per heavy atom. The number of nitrogens with zero attached hydrogens (tertiary/aromatic N) is 6. The Labute approximate surface area is 216 Å². The number of methoxy groups -OCH3 is 1. The molecule has 0 saturated carbocycles. The molecule has 2 fully saturated rings. The molecular formula is C25H29ClN6O3S. The van der Waals surface area contributed by atoms with E-state index in [4.69, 9.17) is 21.3 Å². The molecule has 0 spiro atoms. The van der Waals surface area contributed by atoms with E-state index in [9.17, 15) is 8.42 Å². The summed E-state index contributed by atoms with van der Waals surface area (Å²) in [6.07, 6.45) is 1.84. The Morgan fingerprint density at radius 3 is 2.56 bits per heavy atom. The smallest absolute Gasteiger partial charge is 0.171 e. The minimum atomic E-state index is -2.93. The van der Waals surface area contributed by atoms with Crippen LogP contribution >= 0.6 is 11.6 Å². The number of hydrogen-bond donors (Lipinski definition) is 0. The van der Waals surface area contributed by atoms with E-state index >= 15 is 0 Å². The zero-order valence-corrected chi connectivity index (χ0v) is 22.0. The van der Waals surface area contributed by atoms with E-state index in [2.05, 4.69) is 24.6 Å². The summed E-state index contributed by atoms with van der Waals surface area (Å²) in [5, 5.41) is 9.94. The lowest BCUT2D eigenvalue weighted by molar-refractivity contribution is 0.193. The van der Waals surface area contributed by atoms with Crippen molar-refractivity contribution >= 4 is 27.3 Å². The van der Waals surface area contributed by atoms with Crippen LogP contribution in [0.3, 0.4) is 0 Å². The monoisotopic (exact) mass is 528 g/mol. The first-order valence-electron chi connectivity index (χ1n) is 12.3. The van der Waals surface area contributed by atoms with Crippen LogP contribution in [0.2, 0.25) is 5.02 Å². The first kappa shape index (κ1) is 23.7. The molecule has 11 heteroatoms. The van der Waals surface area contributed by atoms with Crippen molar-refractivity contribution in [2.45, 2.75) is 44.8 Å². The lowest BCUT2D eigenvalue weighted by Gasteiger charge is -2.35. The molecule has 2 aromatic heterocycles. The zero-order valence-electron chi connectivity index (χ0n) is 20.4. The summed E-state index contributed by atoms with van der Waals surface area (Å²) in [6.45, 7) is 4.88. The Balaban J connectivity index is 1.29. The number of aromatic nitrogens is 4. The fraction of sp³-hybridized carbons (Fsp3) is 0.480. The van der Waals surface area contributed by atoms with Gasteiger partial charge in [0.1, 0.15) is 5.82 Å². The number of sulfone groups is 1. The van der Waals surface area contributed by atoms with E-state index in [1.54, 1.807) is 7.11 Å². The van der Waals surface area contributed by atoms with Gasteiger partial charge in [-0.25, -0.2) is 13.4 Å². The van der Waals surface area contributed by atoms with Gasteiger partial charge in [-0.2, -0.15) is 0 Å². The van der Waals surface area contributed by atoms with E-state index in [0.29, 0.717) is 18.1 Å². The van der Waals surface area contributed by atoms with Crippen LogP contribution < -0.4 is 9.64 Å². The molecule has 0 bridgehead atoms. The number of aryl methyl sites for hydroxylation is 1. The highest BCUT2D eigenvalue weighted by molar-refractivity contribution is 7.92. The quantitative estimate of drug-likeness (QED) is 0.510. The molecule has 3 aromatic rings. The number of rotatable bonds is 4. The number of pyridine rings is 1. The van der Waals surface area contributed by atoms with Gasteiger partial charge in [-0.15, -0.1) is 10.2 Å². The normalized spacial score (nSPS) is 20.4. The van der Waals surface area contributed by atoms with Gasteiger partial charge in [-0.1, -0.05) is 11.6 Å². The van der Waals surface area contributed by atoms with Crippen molar-refractivity contribution in [3.8, 4) is 11.4 Å². The van der Waals surface area contributed by atoms with Gasteiger partial charge >= 0.3 is 0 Å². The fourth-order valence-corrected chi connectivity index (χ4v) is 7.28. The van der Waals surface area contributed by atoms with Gasteiger partial charge in [-0.3, -0.25) is 9.47 Å². The Hall–Kier alpha value is -2.69. The van der Waals surface area contributed by atoms with Gasteiger partial charge in [0, 0.05) is 42.3 Å². The average Bonchev–Trinajstić information content (AvgIpc) is 3.18. The molecule has 36 heavy (non-hydrogen) atoms.